The van der Waals surface area contributed by atoms with Gasteiger partial charge >= 0.3 is 6.03 Å². The first-order valence-corrected chi connectivity index (χ1v) is 13.1. The second-order valence-corrected chi connectivity index (χ2v) is 10.2. The van der Waals surface area contributed by atoms with Crippen LogP contribution in [0.1, 0.15) is 46.8 Å². The van der Waals surface area contributed by atoms with Crippen molar-refractivity contribution in [3.8, 4) is 0 Å². The minimum atomic E-state index is -0.207. The SMILES string of the molecule is O=C(c1cnn(C(=O)N2CCN(C(c3ccc(Cl)cc3)c3ccc(Cl)cc3)CC2)c1)N1CCCCC1. The number of amides is 2. The molecule has 0 N–H and O–H groups in total. The molecule has 0 bridgehead atoms. The zero-order valence-electron chi connectivity index (χ0n) is 20.0. The van der Waals surface area contributed by atoms with Crippen LogP contribution >= 0.6 is 23.2 Å². The summed E-state index contributed by atoms with van der Waals surface area (Å²) in [6, 6.07) is 15.6. The van der Waals surface area contributed by atoms with E-state index < -0.39 is 0 Å². The summed E-state index contributed by atoms with van der Waals surface area (Å²) >= 11 is 12.3. The van der Waals surface area contributed by atoms with Gasteiger partial charge in [0.1, 0.15) is 0 Å². The van der Waals surface area contributed by atoms with Gasteiger partial charge in [-0.1, -0.05) is 47.5 Å². The van der Waals surface area contributed by atoms with Crippen molar-refractivity contribution in [2.24, 2.45) is 0 Å². The number of benzene rings is 2. The maximum atomic E-state index is 13.2. The molecule has 3 heterocycles. The van der Waals surface area contributed by atoms with Crippen molar-refractivity contribution in [1.82, 2.24) is 24.5 Å². The monoisotopic (exact) mass is 525 g/mol. The third-order valence-electron chi connectivity index (χ3n) is 6.99. The first-order valence-electron chi connectivity index (χ1n) is 12.4. The van der Waals surface area contributed by atoms with Crippen LogP contribution in [0.15, 0.2) is 60.9 Å². The Morgan fingerprint density at radius 1 is 0.722 bits per heavy atom. The van der Waals surface area contributed by atoms with Crippen molar-refractivity contribution in [2.75, 3.05) is 39.3 Å². The normalized spacial score (nSPS) is 17.0. The lowest BCUT2D eigenvalue weighted by molar-refractivity contribution is 0.0724. The summed E-state index contributed by atoms with van der Waals surface area (Å²) in [6.45, 7) is 4.05. The quantitative estimate of drug-likeness (QED) is 0.470. The van der Waals surface area contributed by atoms with Gasteiger partial charge in [0.2, 0.25) is 0 Å². The molecule has 2 aromatic carbocycles. The zero-order chi connectivity index (χ0) is 25.1. The average Bonchev–Trinajstić information content (AvgIpc) is 3.41. The number of hydrogen-bond donors (Lipinski definition) is 0. The predicted octanol–water partition coefficient (Wildman–Crippen LogP) is 5.19. The van der Waals surface area contributed by atoms with Crippen LogP contribution in [0.3, 0.4) is 0 Å². The van der Waals surface area contributed by atoms with Crippen molar-refractivity contribution >= 4 is 35.1 Å². The number of piperazine rings is 1. The van der Waals surface area contributed by atoms with E-state index in [1.807, 2.05) is 53.4 Å². The molecule has 7 nitrogen and oxygen atoms in total. The van der Waals surface area contributed by atoms with Crippen molar-refractivity contribution in [1.29, 1.82) is 0 Å². The Balaban J connectivity index is 1.27. The molecular formula is C27H29Cl2N5O2. The minimum absolute atomic E-state index is 0.0234. The predicted molar refractivity (Wildman–Crippen MR) is 141 cm³/mol. The number of halogens is 2. The van der Waals surface area contributed by atoms with Crippen molar-refractivity contribution in [3.05, 3.63) is 87.7 Å². The van der Waals surface area contributed by atoms with Crippen molar-refractivity contribution in [3.63, 3.8) is 0 Å². The summed E-state index contributed by atoms with van der Waals surface area (Å²) in [5.41, 5.74) is 2.73. The number of rotatable bonds is 4. The highest BCUT2D eigenvalue weighted by molar-refractivity contribution is 6.30. The number of nitrogens with zero attached hydrogens (tertiary/aromatic N) is 5. The standard InChI is InChI=1S/C27H29Cl2N5O2/c28-23-8-4-20(5-9-23)25(21-6-10-24(29)11-7-21)31-14-16-33(17-15-31)27(36)34-19-22(18-30-34)26(35)32-12-2-1-3-13-32/h4-11,18-19,25H,1-3,12-17H2. The molecule has 0 spiro atoms. The lowest BCUT2D eigenvalue weighted by Crippen LogP contribution is -2.51. The average molecular weight is 526 g/mol. The molecule has 5 rings (SSSR count). The molecular weight excluding hydrogens is 497 g/mol. The summed E-state index contributed by atoms with van der Waals surface area (Å²) in [4.78, 5) is 31.9. The summed E-state index contributed by atoms with van der Waals surface area (Å²) < 4.78 is 1.29. The molecule has 36 heavy (non-hydrogen) atoms. The number of carbonyl (C=O) groups excluding carboxylic acids is 2. The number of carbonyl (C=O) groups is 2. The van der Waals surface area contributed by atoms with E-state index in [0.717, 1.165) is 43.5 Å². The van der Waals surface area contributed by atoms with Gasteiger partial charge in [0, 0.05) is 55.5 Å². The second kappa shape index (κ2) is 11.0. The summed E-state index contributed by atoms with van der Waals surface area (Å²) in [7, 11) is 0. The zero-order valence-corrected chi connectivity index (χ0v) is 21.5. The van der Waals surface area contributed by atoms with E-state index in [1.54, 1.807) is 11.1 Å². The first-order chi connectivity index (χ1) is 17.5. The van der Waals surface area contributed by atoms with E-state index in [-0.39, 0.29) is 18.0 Å². The fourth-order valence-electron chi connectivity index (χ4n) is 5.04. The Bertz CT molecular complexity index is 1150. The van der Waals surface area contributed by atoms with Crippen LogP contribution in [0.2, 0.25) is 10.0 Å². The molecule has 2 aliphatic heterocycles. The second-order valence-electron chi connectivity index (χ2n) is 9.34. The van der Waals surface area contributed by atoms with Crippen molar-refractivity contribution in [2.45, 2.75) is 25.3 Å². The molecule has 3 aromatic rings. The Labute approximate surface area is 221 Å². The molecule has 0 radical (unpaired) electrons. The lowest BCUT2D eigenvalue weighted by Gasteiger charge is -2.39. The molecule has 9 heteroatoms. The number of piperidine rings is 1. The van der Waals surface area contributed by atoms with Crippen LogP contribution in [0, 0.1) is 0 Å². The molecule has 2 aliphatic rings. The Morgan fingerprint density at radius 2 is 1.28 bits per heavy atom. The van der Waals surface area contributed by atoms with Gasteiger partial charge in [-0.3, -0.25) is 9.69 Å². The highest BCUT2D eigenvalue weighted by Crippen LogP contribution is 2.31. The van der Waals surface area contributed by atoms with Gasteiger partial charge in [0.15, 0.2) is 0 Å². The molecule has 2 saturated heterocycles. The van der Waals surface area contributed by atoms with E-state index in [9.17, 15) is 9.59 Å². The van der Waals surface area contributed by atoms with Crippen LogP contribution < -0.4 is 0 Å². The fourth-order valence-corrected chi connectivity index (χ4v) is 5.29. The Morgan fingerprint density at radius 3 is 1.83 bits per heavy atom. The van der Waals surface area contributed by atoms with Gasteiger partial charge in [-0.25, -0.2) is 4.79 Å². The van der Waals surface area contributed by atoms with Crippen LogP contribution in [-0.4, -0.2) is 75.7 Å². The molecule has 0 saturated carbocycles. The highest BCUT2D eigenvalue weighted by Gasteiger charge is 2.29. The Kier molecular flexibility index (Phi) is 7.60. The molecule has 0 atom stereocenters. The van der Waals surface area contributed by atoms with Gasteiger partial charge < -0.3 is 9.80 Å². The lowest BCUT2D eigenvalue weighted by atomic mass is 9.96. The third kappa shape index (κ3) is 5.43. The van der Waals surface area contributed by atoms with E-state index in [1.165, 1.54) is 10.9 Å². The van der Waals surface area contributed by atoms with E-state index in [2.05, 4.69) is 10.00 Å². The van der Waals surface area contributed by atoms with Crippen LogP contribution in [0.25, 0.3) is 0 Å². The molecule has 1 aromatic heterocycles. The summed E-state index contributed by atoms with van der Waals surface area (Å²) in [6.07, 6.45) is 6.27. The summed E-state index contributed by atoms with van der Waals surface area (Å²) in [5, 5.41) is 5.60. The largest absolute Gasteiger partial charge is 0.344 e. The van der Waals surface area contributed by atoms with E-state index in [4.69, 9.17) is 23.2 Å². The first kappa shape index (κ1) is 24.8. The van der Waals surface area contributed by atoms with E-state index in [0.29, 0.717) is 41.8 Å². The number of hydrogen-bond acceptors (Lipinski definition) is 4. The maximum absolute atomic E-state index is 13.2. The van der Waals surface area contributed by atoms with Crippen LogP contribution in [-0.2, 0) is 0 Å². The maximum Gasteiger partial charge on any atom is 0.344 e. The topological polar surface area (TPSA) is 61.7 Å². The van der Waals surface area contributed by atoms with E-state index >= 15 is 0 Å². The minimum Gasteiger partial charge on any atom is -0.339 e. The van der Waals surface area contributed by atoms with Crippen molar-refractivity contribution < 1.29 is 9.59 Å². The highest BCUT2D eigenvalue weighted by atomic mass is 35.5. The molecule has 2 amide bonds. The van der Waals surface area contributed by atoms with Gasteiger partial charge in [-0.2, -0.15) is 9.78 Å². The summed E-state index contributed by atoms with van der Waals surface area (Å²) in [5.74, 6) is -0.0488. The van der Waals surface area contributed by atoms with Gasteiger partial charge in [-0.05, 0) is 54.7 Å². The molecule has 0 unspecified atom stereocenters. The van der Waals surface area contributed by atoms with Gasteiger partial charge in [0.05, 0.1) is 17.8 Å². The number of aromatic nitrogens is 2. The third-order valence-corrected chi connectivity index (χ3v) is 7.49. The molecule has 0 aliphatic carbocycles. The van der Waals surface area contributed by atoms with Gasteiger partial charge in [0.25, 0.3) is 5.91 Å². The Hall–Kier alpha value is -2.87. The van der Waals surface area contributed by atoms with Gasteiger partial charge in [-0.15, -0.1) is 0 Å². The van der Waals surface area contributed by atoms with Crippen LogP contribution in [0.5, 0.6) is 0 Å². The molecule has 2 fully saturated rings. The van der Waals surface area contributed by atoms with Crippen LogP contribution in [0.4, 0.5) is 4.79 Å². The molecule has 188 valence electrons. The number of likely N-dealkylation sites (tertiary alicyclic amines) is 1. The smallest absolute Gasteiger partial charge is 0.339 e. The fraction of sp³-hybridized carbons (Fsp3) is 0.370.